The van der Waals surface area contributed by atoms with Gasteiger partial charge in [-0.3, -0.25) is 9.05 Å². The Morgan fingerprint density at radius 2 is 1.06 bits per heavy atom. The summed E-state index contributed by atoms with van der Waals surface area (Å²) in [5.74, 6) is -0.477. The molecule has 10 nitrogen and oxygen atoms in total. The first-order valence-electron chi connectivity index (χ1n) is 9.83. The normalized spacial score (nSPS) is 22.3. The molecule has 4 rings (SSSR count). The molecule has 0 radical (unpaired) electrons. The summed E-state index contributed by atoms with van der Waals surface area (Å²) < 4.78 is 44.7. The monoisotopic (exact) mass is 699 g/mol. The number of hydrogen-bond donors (Lipinski definition) is 2. The largest absolute Gasteiger partial charge is 2.00 e. The van der Waals surface area contributed by atoms with E-state index in [9.17, 15) is 19.3 Å². The van der Waals surface area contributed by atoms with E-state index in [1.54, 1.807) is 48.5 Å². The van der Waals surface area contributed by atoms with Crippen LogP contribution >= 0.6 is 15.2 Å². The van der Waals surface area contributed by atoms with Crippen LogP contribution in [0.1, 0.15) is 25.0 Å². The van der Waals surface area contributed by atoms with Gasteiger partial charge in [-0.15, -0.1) is 0 Å². The van der Waals surface area contributed by atoms with Crippen LogP contribution in [0.5, 0.6) is 11.5 Å². The van der Waals surface area contributed by atoms with Crippen molar-refractivity contribution in [2.45, 2.75) is 13.8 Å². The maximum atomic E-state index is 12.3. The average molecular weight is 699 g/mol. The number of rotatable bonds is 4. The van der Waals surface area contributed by atoms with Gasteiger partial charge in [-0.05, 0) is 26.0 Å². The summed E-state index contributed by atoms with van der Waals surface area (Å²) in [5, 5.41) is 38.9. The third-order valence-corrected chi connectivity index (χ3v) is 8.88. The van der Waals surface area contributed by atoms with Crippen LogP contribution in [-0.4, -0.2) is 25.6 Å². The summed E-state index contributed by atoms with van der Waals surface area (Å²) in [7, 11) is -5.01. The van der Waals surface area contributed by atoms with E-state index in [1.165, 1.54) is 28.1 Å². The molecule has 2 aliphatic heterocycles. The van der Waals surface area contributed by atoms with Crippen LogP contribution < -0.4 is 19.3 Å². The number of fused-ring (bicyclic) bond motifs is 2. The van der Waals surface area contributed by atoms with Crippen LogP contribution in [-0.2, 0) is 39.2 Å². The molecule has 2 aliphatic rings. The summed E-state index contributed by atoms with van der Waals surface area (Å²) in [5.41, 5.74) is 0.402. The second-order valence-corrected chi connectivity index (χ2v) is 11.1. The van der Waals surface area contributed by atoms with Gasteiger partial charge >= 0.3 is 36.3 Å². The Hall–Kier alpha value is -2.47. The summed E-state index contributed by atoms with van der Waals surface area (Å²) in [4.78, 5) is 0. The van der Waals surface area contributed by atoms with Crippen molar-refractivity contribution in [3.63, 3.8) is 0 Å². The van der Waals surface area contributed by atoms with Crippen molar-refractivity contribution in [1.29, 1.82) is 10.8 Å². The Kier molecular flexibility index (Phi) is 9.09. The Morgan fingerprint density at radius 3 is 1.34 bits per heavy atom. The van der Waals surface area contributed by atoms with Crippen molar-refractivity contribution in [2.24, 2.45) is 0 Å². The fraction of sp³-hybridized carbons (Fsp3) is 0.182. The number of benzene rings is 2. The Morgan fingerprint density at radius 1 is 0.743 bits per heavy atom. The van der Waals surface area contributed by atoms with Gasteiger partial charge in [-0.25, -0.2) is 9.13 Å². The van der Waals surface area contributed by atoms with Crippen molar-refractivity contribution in [2.75, 3.05) is 14.2 Å². The van der Waals surface area contributed by atoms with Crippen LogP contribution in [0.3, 0.4) is 0 Å². The quantitative estimate of drug-likeness (QED) is 0.358. The predicted octanol–water partition coefficient (Wildman–Crippen LogP) is 3.97. The first kappa shape index (κ1) is 28.8. The summed E-state index contributed by atoms with van der Waals surface area (Å²) in [6.45, 7) is 2.77. The van der Waals surface area contributed by atoms with Gasteiger partial charge < -0.3 is 30.1 Å². The molecule has 2 heterocycles. The zero-order valence-corrected chi connectivity index (χ0v) is 23.2. The number of hydrogen-bond acceptors (Lipinski definition) is 10. The molecular formula is C22H22N2O8P2Pt. The first-order chi connectivity index (χ1) is 16.0. The fourth-order valence-corrected chi connectivity index (χ4v) is 6.42. The second kappa shape index (κ2) is 11.1. The first-order valence-corrected chi connectivity index (χ1v) is 12.9. The zero-order chi connectivity index (χ0) is 25.3. The molecule has 35 heavy (non-hydrogen) atoms. The second-order valence-electron chi connectivity index (χ2n) is 7.14. The molecule has 0 spiro atoms. The Balaban J connectivity index is 0.000000240. The van der Waals surface area contributed by atoms with E-state index in [0.717, 1.165) is 0 Å². The van der Waals surface area contributed by atoms with E-state index in [1.807, 2.05) is 0 Å². The molecule has 2 aromatic carbocycles. The number of nitrogens with one attached hydrogen (secondary N) is 2. The van der Waals surface area contributed by atoms with Crippen LogP contribution in [0.15, 0.2) is 59.2 Å². The van der Waals surface area contributed by atoms with Crippen LogP contribution in [0.2, 0.25) is 0 Å². The Labute approximate surface area is 216 Å². The molecule has 2 aromatic rings. The van der Waals surface area contributed by atoms with Crippen molar-refractivity contribution >= 4 is 38.1 Å². The molecule has 2 N–H and O–H groups in total. The van der Waals surface area contributed by atoms with E-state index < -0.39 is 26.7 Å². The molecule has 0 bridgehead atoms. The van der Waals surface area contributed by atoms with Crippen molar-refractivity contribution in [3.05, 3.63) is 70.3 Å². The summed E-state index contributed by atoms with van der Waals surface area (Å²) >= 11 is 0. The third kappa shape index (κ3) is 5.37. The van der Waals surface area contributed by atoms with E-state index in [4.69, 9.17) is 28.9 Å². The van der Waals surface area contributed by atoms with Gasteiger partial charge in [0.2, 0.25) is 0 Å². The number of allylic oxidation sites excluding steroid dienone is 2. The molecular weight excluding hydrogens is 677 g/mol. The maximum Gasteiger partial charge on any atom is 2.00 e. The molecule has 188 valence electrons. The molecule has 13 heteroatoms. The van der Waals surface area contributed by atoms with Gasteiger partial charge in [-0.2, -0.15) is 0 Å². The molecule has 0 aliphatic carbocycles. The minimum absolute atomic E-state index is 0. The van der Waals surface area contributed by atoms with E-state index in [-0.39, 0.29) is 54.6 Å². The molecule has 0 fully saturated rings. The standard InChI is InChI=1S/2C11H12NO4P.Pt/c2*1-7(12)11-10(13)8-5-3-4-6-9(8)16-17(11,14)15-2;/h2*3-6,12-13H,1-2H3;/q;;+2/p-2. The minimum Gasteiger partial charge on any atom is -0.871 e. The van der Waals surface area contributed by atoms with Gasteiger partial charge in [-0.1, -0.05) is 47.9 Å². The number of para-hydroxylation sites is 2. The molecule has 0 amide bonds. The van der Waals surface area contributed by atoms with Gasteiger partial charge in [0.25, 0.3) is 0 Å². The van der Waals surface area contributed by atoms with Crippen molar-refractivity contribution < 1.29 is 58.5 Å². The minimum atomic E-state index is -3.71. The molecule has 0 saturated heterocycles. The van der Waals surface area contributed by atoms with Crippen molar-refractivity contribution in [1.82, 2.24) is 0 Å². The maximum absolute atomic E-state index is 12.3. The Bertz CT molecular complexity index is 1240. The van der Waals surface area contributed by atoms with E-state index in [0.29, 0.717) is 11.1 Å². The van der Waals surface area contributed by atoms with E-state index >= 15 is 0 Å². The van der Waals surface area contributed by atoms with Crippen LogP contribution in [0.25, 0.3) is 11.5 Å². The van der Waals surface area contributed by atoms with Gasteiger partial charge in [0.15, 0.2) is 0 Å². The summed E-state index contributed by atoms with van der Waals surface area (Å²) in [6.07, 6.45) is 0. The summed E-state index contributed by atoms with van der Waals surface area (Å²) in [6, 6.07) is 13.0. The van der Waals surface area contributed by atoms with Crippen LogP contribution in [0, 0.1) is 10.8 Å². The van der Waals surface area contributed by atoms with Gasteiger partial charge in [0, 0.05) is 36.8 Å². The topological polar surface area (TPSA) is 165 Å². The SMILES string of the molecule is COP1(=O)Oc2ccccc2C([O-])=C1C(C)=N.COP1(=O)Oc2ccccc2C([O-])=C1C(C)=N.[Pt+2]. The molecule has 0 saturated carbocycles. The predicted molar refractivity (Wildman–Crippen MR) is 124 cm³/mol. The molecule has 0 aromatic heterocycles. The average Bonchev–Trinajstić information content (AvgIpc) is 2.79. The smallest absolute Gasteiger partial charge is 0.871 e. The molecule has 2 atom stereocenters. The van der Waals surface area contributed by atoms with Gasteiger partial charge in [0.05, 0.1) is 10.6 Å². The van der Waals surface area contributed by atoms with E-state index in [2.05, 4.69) is 0 Å². The zero-order valence-electron chi connectivity index (χ0n) is 19.1. The van der Waals surface area contributed by atoms with Crippen molar-refractivity contribution in [3.8, 4) is 11.5 Å². The van der Waals surface area contributed by atoms with Gasteiger partial charge in [0.1, 0.15) is 11.5 Å². The fourth-order valence-electron chi connectivity index (χ4n) is 3.33. The third-order valence-electron chi connectivity index (χ3n) is 4.87. The molecule has 2 unspecified atom stereocenters. The van der Waals surface area contributed by atoms with Crippen LogP contribution in [0.4, 0.5) is 0 Å².